The maximum absolute atomic E-state index is 5.55. The minimum Gasteiger partial charge on any atom is -0.208 e. The first-order chi connectivity index (χ1) is 38.2. The summed E-state index contributed by atoms with van der Waals surface area (Å²) in [5.74, 6) is 1.83. The number of thiophene rings is 1. The van der Waals surface area contributed by atoms with Gasteiger partial charge in [0.15, 0.2) is 17.5 Å². The minimum atomic E-state index is 0.594. The second kappa shape index (κ2) is 19.8. The summed E-state index contributed by atoms with van der Waals surface area (Å²) in [6.45, 7) is 0. The maximum atomic E-state index is 5.55. The predicted octanol–water partition coefficient (Wildman–Crippen LogP) is 20.1. The van der Waals surface area contributed by atoms with Gasteiger partial charge in [-0.2, -0.15) is 0 Å². The molecule has 0 aliphatic heterocycles. The number of fused-ring (bicyclic) bond motifs is 4. The van der Waals surface area contributed by atoms with Crippen LogP contribution in [0.4, 0.5) is 0 Å². The molecule has 3 nitrogen and oxygen atoms in total. The fourth-order valence-corrected chi connectivity index (χ4v) is 12.5. The van der Waals surface area contributed by atoms with Crippen molar-refractivity contribution in [1.82, 2.24) is 15.0 Å². The van der Waals surface area contributed by atoms with Crippen LogP contribution in [-0.4, -0.2) is 15.0 Å². The first-order valence-corrected chi connectivity index (χ1v) is 26.9. The highest BCUT2D eigenvalue weighted by atomic mass is 32.1. The van der Waals surface area contributed by atoms with Gasteiger partial charge < -0.3 is 0 Å². The zero-order valence-corrected chi connectivity index (χ0v) is 42.7. The molecule has 0 bridgehead atoms. The van der Waals surface area contributed by atoms with E-state index in [0.29, 0.717) is 17.5 Å². The van der Waals surface area contributed by atoms with E-state index in [4.69, 9.17) is 15.0 Å². The highest BCUT2D eigenvalue weighted by Crippen LogP contribution is 2.56. The summed E-state index contributed by atoms with van der Waals surface area (Å²) < 4.78 is 2.36. The molecule has 12 aromatic carbocycles. The third kappa shape index (κ3) is 8.38. The van der Waals surface area contributed by atoms with E-state index in [9.17, 15) is 0 Å². The van der Waals surface area contributed by atoms with E-state index < -0.39 is 0 Å². The summed E-state index contributed by atoms with van der Waals surface area (Å²) in [5, 5.41) is 4.71. The van der Waals surface area contributed by atoms with Gasteiger partial charge in [-0.1, -0.05) is 261 Å². The highest BCUT2D eigenvalue weighted by Gasteiger charge is 2.30. The van der Waals surface area contributed by atoms with Crippen LogP contribution in [0.15, 0.2) is 285 Å². The summed E-state index contributed by atoms with van der Waals surface area (Å²) in [6, 6.07) is 102. The zero-order chi connectivity index (χ0) is 51.1. The summed E-state index contributed by atoms with van der Waals surface area (Å²) in [5.41, 5.74) is 18.7. The summed E-state index contributed by atoms with van der Waals surface area (Å²) in [4.78, 5) is 16.4. The molecule has 0 fully saturated rings. The number of benzene rings is 12. The molecule has 2 aromatic heterocycles. The smallest absolute Gasteiger partial charge is 0.165 e. The molecule has 0 N–H and O–H groups in total. The normalized spacial score (nSPS) is 11.4. The molecule has 0 aliphatic rings. The number of hydrogen-bond acceptors (Lipinski definition) is 4. The quantitative estimate of drug-likeness (QED) is 0.137. The van der Waals surface area contributed by atoms with Crippen LogP contribution >= 0.6 is 11.3 Å². The van der Waals surface area contributed by atoms with Gasteiger partial charge in [0.1, 0.15) is 0 Å². The molecule has 0 spiro atoms. The number of hydrogen-bond donors (Lipinski definition) is 0. The van der Waals surface area contributed by atoms with Crippen LogP contribution in [0.25, 0.3) is 143 Å². The van der Waals surface area contributed by atoms with Crippen molar-refractivity contribution >= 4 is 42.3 Å². The molecule has 77 heavy (non-hydrogen) atoms. The van der Waals surface area contributed by atoms with Gasteiger partial charge in [0, 0.05) is 36.9 Å². The van der Waals surface area contributed by atoms with Gasteiger partial charge in [-0.15, -0.1) is 11.3 Å². The van der Waals surface area contributed by atoms with Crippen LogP contribution in [0.1, 0.15) is 0 Å². The van der Waals surface area contributed by atoms with E-state index >= 15 is 0 Å². The molecular formula is C73H47N3S. The Labute approximate surface area is 451 Å². The minimum absolute atomic E-state index is 0.594. The van der Waals surface area contributed by atoms with Crippen molar-refractivity contribution in [2.24, 2.45) is 0 Å². The molecule has 14 rings (SSSR count). The summed E-state index contributed by atoms with van der Waals surface area (Å²) in [7, 11) is 0. The predicted molar refractivity (Wildman–Crippen MR) is 325 cm³/mol. The molecule has 0 saturated carbocycles. The van der Waals surface area contributed by atoms with Crippen molar-refractivity contribution in [3.63, 3.8) is 0 Å². The third-order valence-electron chi connectivity index (χ3n) is 14.7. The number of aromatic nitrogens is 3. The van der Waals surface area contributed by atoms with Crippen LogP contribution in [0, 0.1) is 0 Å². The van der Waals surface area contributed by atoms with E-state index in [1.807, 2.05) is 0 Å². The van der Waals surface area contributed by atoms with Crippen molar-refractivity contribution < 1.29 is 0 Å². The van der Waals surface area contributed by atoms with Gasteiger partial charge in [-0.25, -0.2) is 15.0 Å². The van der Waals surface area contributed by atoms with Gasteiger partial charge >= 0.3 is 0 Å². The van der Waals surface area contributed by atoms with Gasteiger partial charge in [-0.05, 0) is 113 Å². The largest absolute Gasteiger partial charge is 0.208 e. The topological polar surface area (TPSA) is 38.7 Å². The molecule has 4 heteroatoms. The first-order valence-electron chi connectivity index (χ1n) is 26.1. The Balaban J connectivity index is 1.08. The molecular weight excluding hydrogens is 951 g/mol. The van der Waals surface area contributed by atoms with E-state index in [1.54, 1.807) is 11.3 Å². The third-order valence-corrected chi connectivity index (χ3v) is 15.9. The zero-order valence-electron chi connectivity index (χ0n) is 41.9. The van der Waals surface area contributed by atoms with Crippen molar-refractivity contribution in [2.75, 3.05) is 0 Å². The Morgan fingerprint density at radius 3 is 1.13 bits per heavy atom. The van der Waals surface area contributed by atoms with Crippen molar-refractivity contribution in [3.05, 3.63) is 285 Å². The lowest BCUT2D eigenvalue weighted by atomic mass is 9.74. The number of nitrogens with zero attached hydrogens (tertiary/aromatic N) is 3. The second-order valence-electron chi connectivity index (χ2n) is 19.4. The fourth-order valence-electron chi connectivity index (χ4n) is 11.3. The van der Waals surface area contributed by atoms with Crippen molar-refractivity contribution in [3.8, 4) is 112 Å². The Hall–Kier alpha value is -9.87. The summed E-state index contributed by atoms with van der Waals surface area (Å²) in [6.07, 6.45) is 0. The molecule has 0 atom stereocenters. The lowest BCUT2D eigenvalue weighted by Gasteiger charge is -2.29. The lowest BCUT2D eigenvalue weighted by Crippen LogP contribution is -2.03. The first kappa shape index (κ1) is 45.7. The summed E-state index contributed by atoms with van der Waals surface area (Å²) >= 11 is 1.79. The molecule has 0 amide bonds. The van der Waals surface area contributed by atoms with Crippen molar-refractivity contribution in [2.45, 2.75) is 0 Å². The molecule has 2 heterocycles. The standard InChI is InChI=1S/C73H47N3S/c1-7-25-49(26-8-1)59-44-45-61(70-69(59)60-40-21-22-41-62(60)77-70)73-75-71(74-72(76-73)58-43-42-48-24-19-20-37-55(48)46-58)57-39-23-38-56(47-57)68-66(53-33-15-5-16-34-53)64(51-29-11-3-12-30-51)63(50-27-9-2-10-28-50)65(52-31-13-4-14-32-52)67(68)54-35-17-6-18-36-54/h1-47H. The van der Waals surface area contributed by atoms with Crippen LogP contribution in [0.5, 0.6) is 0 Å². The molecule has 0 aliphatic carbocycles. The average molecular weight is 998 g/mol. The Kier molecular flexibility index (Phi) is 11.7. The number of rotatable bonds is 10. The van der Waals surface area contributed by atoms with E-state index in [0.717, 1.165) is 93.4 Å². The van der Waals surface area contributed by atoms with Gasteiger partial charge in [0.2, 0.25) is 0 Å². The fraction of sp³-hybridized carbons (Fsp3) is 0. The lowest BCUT2D eigenvalue weighted by molar-refractivity contribution is 1.08. The SMILES string of the molecule is c1ccc(-c2c(-c3ccccc3)c(-c3ccccc3)c(-c3cccc(-c4nc(-c5ccc6ccccc6c5)nc(-c5ccc(-c6ccccc6)c6c5sc5ccccc56)n4)c3)c(-c3ccccc3)c2-c2ccccc2)cc1. The molecule has 14 aromatic rings. The molecule has 360 valence electrons. The Bertz CT molecular complexity index is 4360. The van der Waals surface area contributed by atoms with Gasteiger partial charge in [0.25, 0.3) is 0 Å². The van der Waals surface area contributed by atoms with Crippen LogP contribution in [-0.2, 0) is 0 Å². The second-order valence-corrected chi connectivity index (χ2v) is 20.4. The van der Waals surface area contributed by atoms with Gasteiger partial charge in [-0.3, -0.25) is 0 Å². The monoisotopic (exact) mass is 997 g/mol. The average Bonchev–Trinajstić information content (AvgIpc) is 3.91. The Morgan fingerprint density at radius 1 is 0.234 bits per heavy atom. The van der Waals surface area contributed by atoms with E-state index in [-0.39, 0.29) is 0 Å². The molecule has 0 unspecified atom stereocenters. The van der Waals surface area contributed by atoms with Crippen LogP contribution in [0.3, 0.4) is 0 Å². The Morgan fingerprint density at radius 2 is 0.610 bits per heavy atom. The van der Waals surface area contributed by atoms with E-state index in [1.165, 1.54) is 32.2 Å². The molecule has 0 saturated heterocycles. The van der Waals surface area contributed by atoms with Crippen LogP contribution in [0.2, 0.25) is 0 Å². The van der Waals surface area contributed by atoms with Crippen LogP contribution < -0.4 is 0 Å². The van der Waals surface area contributed by atoms with Gasteiger partial charge in [0.05, 0.1) is 0 Å². The maximum Gasteiger partial charge on any atom is 0.165 e. The van der Waals surface area contributed by atoms with Crippen molar-refractivity contribution in [1.29, 1.82) is 0 Å². The highest BCUT2D eigenvalue weighted by molar-refractivity contribution is 7.26. The van der Waals surface area contributed by atoms with E-state index in [2.05, 4.69) is 285 Å². The molecule has 0 radical (unpaired) electrons.